The average molecular weight is 268 g/mol. The molecular formula is C17H16O3. The van der Waals surface area contributed by atoms with Crippen LogP contribution in [0.4, 0.5) is 0 Å². The molecule has 2 heterocycles. The van der Waals surface area contributed by atoms with E-state index in [0.29, 0.717) is 6.61 Å². The van der Waals surface area contributed by atoms with Gasteiger partial charge >= 0.3 is 0 Å². The van der Waals surface area contributed by atoms with Crippen molar-refractivity contribution in [1.82, 2.24) is 0 Å². The van der Waals surface area contributed by atoms with E-state index in [2.05, 4.69) is 26.0 Å². The molecule has 0 aromatic heterocycles. The van der Waals surface area contributed by atoms with Gasteiger partial charge in [-0.3, -0.25) is 0 Å². The van der Waals surface area contributed by atoms with Crippen LogP contribution in [-0.2, 0) is 0 Å². The van der Waals surface area contributed by atoms with E-state index in [1.165, 1.54) is 16.7 Å². The van der Waals surface area contributed by atoms with Crippen LogP contribution in [0.25, 0.3) is 0 Å². The summed E-state index contributed by atoms with van der Waals surface area (Å²) in [5.41, 5.74) is 4.70. The predicted molar refractivity (Wildman–Crippen MR) is 75.6 cm³/mol. The summed E-state index contributed by atoms with van der Waals surface area (Å²) in [6, 6.07) is 9.55. The molecule has 0 saturated heterocycles. The lowest BCUT2D eigenvalue weighted by Crippen LogP contribution is -2.22. The maximum absolute atomic E-state index is 9.56. The van der Waals surface area contributed by atoms with Crippen LogP contribution in [-0.4, -0.2) is 11.7 Å². The lowest BCUT2D eigenvalue weighted by Gasteiger charge is -2.27. The van der Waals surface area contributed by atoms with E-state index in [1.807, 2.05) is 6.07 Å². The fourth-order valence-electron chi connectivity index (χ4n) is 3.15. The van der Waals surface area contributed by atoms with Crippen LogP contribution < -0.4 is 9.47 Å². The first kappa shape index (κ1) is 11.6. The van der Waals surface area contributed by atoms with Gasteiger partial charge in [-0.05, 0) is 37.1 Å². The minimum atomic E-state index is -0.00477. The summed E-state index contributed by atoms with van der Waals surface area (Å²) in [5.74, 6) is 2.20. The summed E-state index contributed by atoms with van der Waals surface area (Å²) >= 11 is 0. The molecule has 3 nitrogen and oxygen atoms in total. The van der Waals surface area contributed by atoms with E-state index >= 15 is 0 Å². The van der Waals surface area contributed by atoms with E-state index in [4.69, 9.17) is 9.47 Å². The first-order valence-electron chi connectivity index (χ1n) is 6.87. The first-order valence-corrected chi connectivity index (χ1v) is 6.87. The van der Waals surface area contributed by atoms with Crippen LogP contribution in [0.1, 0.15) is 34.3 Å². The van der Waals surface area contributed by atoms with Gasteiger partial charge in [0.2, 0.25) is 0 Å². The Labute approximate surface area is 117 Å². The number of fused-ring (bicyclic) bond motifs is 5. The van der Waals surface area contributed by atoms with Gasteiger partial charge in [-0.15, -0.1) is 0 Å². The van der Waals surface area contributed by atoms with Gasteiger partial charge in [0.15, 0.2) is 0 Å². The zero-order valence-corrected chi connectivity index (χ0v) is 11.5. The SMILES string of the molecule is Cc1ccc2c(c1C)O[C@H]1c3ccc(O)cc3OC[C@@H]21. The van der Waals surface area contributed by atoms with Crippen molar-refractivity contribution in [3.8, 4) is 17.2 Å². The molecule has 0 aliphatic carbocycles. The number of phenols is 1. The van der Waals surface area contributed by atoms with Crippen molar-refractivity contribution >= 4 is 0 Å². The largest absolute Gasteiger partial charge is 0.508 e. The summed E-state index contributed by atoms with van der Waals surface area (Å²) in [7, 11) is 0. The van der Waals surface area contributed by atoms with Crippen LogP contribution >= 0.6 is 0 Å². The van der Waals surface area contributed by atoms with Crippen molar-refractivity contribution in [1.29, 1.82) is 0 Å². The lowest BCUT2D eigenvalue weighted by atomic mass is 9.88. The molecule has 2 aromatic carbocycles. The fraction of sp³-hybridized carbons (Fsp3) is 0.294. The van der Waals surface area contributed by atoms with Gasteiger partial charge in [-0.2, -0.15) is 0 Å². The Hall–Kier alpha value is -2.16. The number of hydrogen-bond donors (Lipinski definition) is 1. The summed E-state index contributed by atoms with van der Waals surface area (Å²) in [6.45, 7) is 4.80. The molecule has 20 heavy (non-hydrogen) atoms. The third-order valence-electron chi connectivity index (χ3n) is 4.44. The maximum atomic E-state index is 9.56. The molecular weight excluding hydrogens is 252 g/mol. The van der Waals surface area contributed by atoms with Gasteiger partial charge in [0, 0.05) is 17.2 Å². The zero-order valence-electron chi connectivity index (χ0n) is 11.5. The highest BCUT2D eigenvalue weighted by molar-refractivity contribution is 5.54. The average Bonchev–Trinajstić information content (AvgIpc) is 2.82. The van der Waals surface area contributed by atoms with Crippen LogP contribution in [0.15, 0.2) is 30.3 Å². The predicted octanol–water partition coefficient (Wildman–Crippen LogP) is 3.62. The molecule has 0 bridgehead atoms. The van der Waals surface area contributed by atoms with Gasteiger partial charge in [-0.1, -0.05) is 12.1 Å². The van der Waals surface area contributed by atoms with Crippen LogP contribution in [0.2, 0.25) is 0 Å². The molecule has 2 aromatic rings. The van der Waals surface area contributed by atoms with Crippen LogP contribution in [0.3, 0.4) is 0 Å². The smallest absolute Gasteiger partial charge is 0.138 e. The van der Waals surface area contributed by atoms with E-state index in [1.54, 1.807) is 12.1 Å². The summed E-state index contributed by atoms with van der Waals surface area (Å²) in [6.07, 6.45) is -0.00477. The molecule has 3 heteroatoms. The maximum Gasteiger partial charge on any atom is 0.138 e. The van der Waals surface area contributed by atoms with Crippen molar-refractivity contribution in [2.24, 2.45) is 0 Å². The number of ether oxygens (including phenoxy) is 2. The van der Waals surface area contributed by atoms with E-state index < -0.39 is 0 Å². The second kappa shape index (κ2) is 3.92. The van der Waals surface area contributed by atoms with Crippen LogP contribution in [0.5, 0.6) is 17.2 Å². The van der Waals surface area contributed by atoms with Crippen LogP contribution in [0, 0.1) is 13.8 Å². The third kappa shape index (κ3) is 1.46. The lowest BCUT2D eigenvalue weighted by molar-refractivity contribution is 0.139. The molecule has 0 saturated carbocycles. The van der Waals surface area contributed by atoms with E-state index in [0.717, 1.165) is 17.1 Å². The van der Waals surface area contributed by atoms with Gasteiger partial charge in [0.05, 0.1) is 12.5 Å². The molecule has 102 valence electrons. The van der Waals surface area contributed by atoms with Gasteiger partial charge in [0.1, 0.15) is 23.4 Å². The number of rotatable bonds is 0. The number of hydrogen-bond acceptors (Lipinski definition) is 3. The zero-order chi connectivity index (χ0) is 13.9. The highest BCUT2D eigenvalue weighted by Gasteiger charge is 2.41. The second-order valence-electron chi connectivity index (χ2n) is 5.60. The molecule has 0 spiro atoms. The Morgan fingerprint density at radius 1 is 1.10 bits per heavy atom. The summed E-state index contributed by atoms with van der Waals surface area (Å²) in [4.78, 5) is 0. The van der Waals surface area contributed by atoms with Crippen molar-refractivity contribution in [2.45, 2.75) is 25.9 Å². The molecule has 2 atom stereocenters. The molecule has 0 amide bonds. The standard InChI is InChI=1S/C17H16O3/c1-9-3-5-12-14-8-19-15-7-11(18)4-6-13(15)17(14)20-16(12)10(9)2/h3-7,14,17-18H,8H2,1-2H3/t14-,17-/m0/s1. The van der Waals surface area contributed by atoms with E-state index in [9.17, 15) is 5.11 Å². The molecule has 1 N–H and O–H groups in total. The number of phenolic OH excluding ortho intramolecular Hbond substituents is 1. The topological polar surface area (TPSA) is 38.7 Å². The van der Waals surface area contributed by atoms with Crippen molar-refractivity contribution in [3.63, 3.8) is 0 Å². The van der Waals surface area contributed by atoms with Crippen molar-refractivity contribution in [2.75, 3.05) is 6.61 Å². The van der Waals surface area contributed by atoms with Crippen molar-refractivity contribution in [3.05, 3.63) is 52.6 Å². The Morgan fingerprint density at radius 3 is 2.75 bits per heavy atom. The second-order valence-corrected chi connectivity index (χ2v) is 5.60. The van der Waals surface area contributed by atoms with Gasteiger partial charge in [0.25, 0.3) is 0 Å². The molecule has 2 aliphatic rings. The molecule has 0 unspecified atom stereocenters. The normalized spacial score (nSPS) is 22.3. The minimum Gasteiger partial charge on any atom is -0.508 e. The van der Waals surface area contributed by atoms with E-state index in [-0.39, 0.29) is 17.8 Å². The number of aromatic hydroxyl groups is 1. The number of aryl methyl sites for hydroxylation is 1. The Balaban J connectivity index is 1.84. The first-order chi connectivity index (χ1) is 9.65. The van der Waals surface area contributed by atoms with Crippen molar-refractivity contribution < 1.29 is 14.6 Å². The molecule has 0 radical (unpaired) electrons. The number of benzene rings is 2. The Morgan fingerprint density at radius 2 is 1.90 bits per heavy atom. The monoisotopic (exact) mass is 268 g/mol. The Kier molecular flexibility index (Phi) is 2.28. The highest BCUT2D eigenvalue weighted by atomic mass is 16.5. The Bertz CT molecular complexity index is 706. The summed E-state index contributed by atoms with van der Waals surface area (Å²) < 4.78 is 12.0. The van der Waals surface area contributed by atoms with Gasteiger partial charge in [-0.25, -0.2) is 0 Å². The molecule has 0 fully saturated rings. The summed E-state index contributed by atoms with van der Waals surface area (Å²) in [5, 5.41) is 9.56. The quantitative estimate of drug-likeness (QED) is 0.793. The fourth-order valence-corrected chi connectivity index (χ4v) is 3.15. The third-order valence-corrected chi connectivity index (χ3v) is 4.44. The molecule has 4 rings (SSSR count). The van der Waals surface area contributed by atoms with Gasteiger partial charge < -0.3 is 14.6 Å². The highest BCUT2D eigenvalue weighted by Crippen LogP contribution is 2.52. The molecule has 2 aliphatic heterocycles. The minimum absolute atomic E-state index is 0.00477.